The van der Waals surface area contributed by atoms with Gasteiger partial charge in [0.15, 0.2) is 0 Å². The summed E-state index contributed by atoms with van der Waals surface area (Å²) in [5.74, 6) is 1.39. The lowest BCUT2D eigenvalue weighted by Gasteiger charge is -2.12. The molecule has 3 aromatic rings. The number of rotatable bonds is 10. The predicted molar refractivity (Wildman–Crippen MR) is 117 cm³/mol. The first-order valence-corrected chi connectivity index (χ1v) is 11.3. The van der Waals surface area contributed by atoms with Crippen LogP contribution in [-0.4, -0.2) is 45.5 Å². The van der Waals surface area contributed by atoms with E-state index in [1.54, 1.807) is 30.3 Å². The summed E-state index contributed by atoms with van der Waals surface area (Å²) in [5, 5.41) is 8.21. The van der Waals surface area contributed by atoms with Crippen LogP contribution in [0.15, 0.2) is 59.5 Å². The number of hydrogen-bond donors (Lipinski definition) is 1. The summed E-state index contributed by atoms with van der Waals surface area (Å²) in [7, 11) is -2.30. The van der Waals surface area contributed by atoms with E-state index in [1.165, 1.54) is 7.11 Å². The number of ether oxygens (including phenoxy) is 3. The van der Waals surface area contributed by atoms with Crippen LogP contribution < -0.4 is 18.9 Å². The van der Waals surface area contributed by atoms with Crippen molar-refractivity contribution in [2.75, 3.05) is 26.9 Å². The van der Waals surface area contributed by atoms with Gasteiger partial charge in [0.2, 0.25) is 15.9 Å². The van der Waals surface area contributed by atoms with Crippen molar-refractivity contribution in [3.8, 4) is 28.6 Å². The van der Waals surface area contributed by atoms with Gasteiger partial charge in [-0.25, -0.2) is 13.1 Å². The van der Waals surface area contributed by atoms with Gasteiger partial charge in [-0.1, -0.05) is 6.07 Å². The van der Waals surface area contributed by atoms with E-state index in [-0.39, 0.29) is 23.8 Å². The Morgan fingerprint density at radius 2 is 1.74 bits per heavy atom. The highest BCUT2D eigenvalue weighted by atomic mass is 32.2. The Kier molecular flexibility index (Phi) is 7.43. The number of nitrogens with zero attached hydrogens (tertiary/aromatic N) is 2. The molecular weight excluding hydrogens is 418 g/mol. The molecule has 0 atom stereocenters. The maximum absolute atomic E-state index is 12.6. The van der Waals surface area contributed by atoms with Crippen molar-refractivity contribution >= 4 is 10.0 Å². The number of methoxy groups -OCH3 is 1. The second kappa shape index (κ2) is 10.2. The first-order chi connectivity index (χ1) is 14.9. The molecule has 8 nitrogen and oxygen atoms in total. The molecule has 9 heteroatoms. The Morgan fingerprint density at radius 3 is 2.39 bits per heavy atom. The molecule has 0 spiro atoms. The molecule has 0 unspecified atom stereocenters. The minimum absolute atomic E-state index is 0.0712. The highest BCUT2D eigenvalue weighted by Gasteiger charge is 2.19. The lowest BCUT2D eigenvalue weighted by molar-refractivity contribution is 0.307. The Morgan fingerprint density at radius 1 is 0.968 bits per heavy atom. The van der Waals surface area contributed by atoms with Gasteiger partial charge in [-0.2, -0.15) is 0 Å². The summed E-state index contributed by atoms with van der Waals surface area (Å²) < 4.78 is 43.7. The minimum Gasteiger partial charge on any atom is -0.495 e. The summed E-state index contributed by atoms with van der Waals surface area (Å²) in [5.41, 5.74) is 2.42. The van der Waals surface area contributed by atoms with Crippen LogP contribution in [0, 0.1) is 6.92 Å². The van der Waals surface area contributed by atoms with Crippen LogP contribution in [0.4, 0.5) is 0 Å². The normalized spacial score (nSPS) is 11.2. The number of hydrogen-bond acceptors (Lipinski definition) is 7. The van der Waals surface area contributed by atoms with E-state index in [9.17, 15) is 8.42 Å². The monoisotopic (exact) mass is 443 g/mol. The molecule has 1 N–H and O–H groups in total. The zero-order valence-electron chi connectivity index (χ0n) is 17.7. The molecule has 0 bridgehead atoms. The first kappa shape index (κ1) is 22.5. The van der Waals surface area contributed by atoms with Gasteiger partial charge in [0, 0.05) is 18.2 Å². The van der Waals surface area contributed by atoms with Crippen molar-refractivity contribution in [3.05, 3.63) is 60.2 Å². The zero-order valence-corrected chi connectivity index (χ0v) is 18.5. The quantitative estimate of drug-likeness (QED) is 0.480. The van der Waals surface area contributed by atoms with Crippen LogP contribution in [-0.2, 0) is 10.0 Å². The van der Waals surface area contributed by atoms with Crippen LogP contribution in [0.3, 0.4) is 0 Å². The Labute approximate surface area is 182 Å². The van der Waals surface area contributed by atoms with Crippen molar-refractivity contribution in [2.24, 2.45) is 0 Å². The topological polar surface area (TPSA) is 99.6 Å². The molecular formula is C22H25N3O5S. The van der Waals surface area contributed by atoms with Gasteiger partial charge in [0.05, 0.1) is 19.4 Å². The van der Waals surface area contributed by atoms with E-state index in [1.807, 2.05) is 38.1 Å². The third-order valence-corrected chi connectivity index (χ3v) is 5.84. The van der Waals surface area contributed by atoms with Crippen molar-refractivity contribution in [1.82, 2.24) is 14.9 Å². The van der Waals surface area contributed by atoms with Crippen LogP contribution >= 0.6 is 0 Å². The van der Waals surface area contributed by atoms with Crippen LogP contribution in [0.5, 0.6) is 17.4 Å². The number of aryl methyl sites for hydroxylation is 1. The van der Waals surface area contributed by atoms with E-state index in [0.717, 1.165) is 16.9 Å². The van der Waals surface area contributed by atoms with Gasteiger partial charge < -0.3 is 14.2 Å². The average Bonchev–Trinajstić information content (AvgIpc) is 2.78. The molecule has 1 heterocycles. The molecule has 0 fully saturated rings. The molecule has 164 valence electrons. The maximum atomic E-state index is 12.6. The number of aromatic nitrogens is 2. The van der Waals surface area contributed by atoms with E-state index in [2.05, 4.69) is 14.9 Å². The van der Waals surface area contributed by atoms with Crippen LogP contribution in [0.25, 0.3) is 11.3 Å². The standard InChI is InChI=1S/C22H25N3O5S/c1-4-29-18-8-6-17(7-9-18)19-10-12-22(25-24-19)30-14-13-23-31(26,27)21-15-16(2)5-11-20(21)28-3/h5-12,15,23H,4,13-14H2,1-3H3. The van der Waals surface area contributed by atoms with Crippen LogP contribution in [0.2, 0.25) is 0 Å². The molecule has 0 saturated carbocycles. The van der Waals surface area contributed by atoms with Gasteiger partial charge >= 0.3 is 0 Å². The smallest absolute Gasteiger partial charge is 0.244 e. The van der Waals surface area contributed by atoms with E-state index < -0.39 is 10.0 Å². The molecule has 0 radical (unpaired) electrons. The molecule has 0 aliphatic carbocycles. The summed E-state index contributed by atoms with van der Waals surface area (Å²) in [6, 6.07) is 16.0. The molecule has 0 aliphatic rings. The van der Waals surface area contributed by atoms with E-state index in [4.69, 9.17) is 14.2 Å². The molecule has 2 aromatic carbocycles. The fraction of sp³-hybridized carbons (Fsp3) is 0.273. The van der Waals surface area contributed by atoms with Crippen molar-refractivity contribution < 1.29 is 22.6 Å². The van der Waals surface area contributed by atoms with Gasteiger partial charge in [-0.15, -0.1) is 10.2 Å². The molecule has 0 saturated heterocycles. The Bertz CT molecular complexity index is 1100. The van der Waals surface area contributed by atoms with Gasteiger partial charge in [0.1, 0.15) is 23.0 Å². The SMILES string of the molecule is CCOc1ccc(-c2ccc(OCCNS(=O)(=O)c3cc(C)ccc3OC)nn2)cc1. The van der Waals surface area contributed by atoms with Gasteiger partial charge in [-0.05, 0) is 61.9 Å². The first-order valence-electron chi connectivity index (χ1n) is 9.77. The van der Waals surface area contributed by atoms with Crippen molar-refractivity contribution in [2.45, 2.75) is 18.7 Å². The Hall–Kier alpha value is -3.17. The molecule has 31 heavy (non-hydrogen) atoms. The summed E-state index contributed by atoms with van der Waals surface area (Å²) in [6.45, 7) is 4.53. The Balaban J connectivity index is 1.54. The number of benzene rings is 2. The fourth-order valence-electron chi connectivity index (χ4n) is 2.84. The number of sulfonamides is 1. The second-order valence-electron chi connectivity index (χ2n) is 6.61. The van der Waals surface area contributed by atoms with Crippen molar-refractivity contribution in [3.63, 3.8) is 0 Å². The van der Waals surface area contributed by atoms with E-state index in [0.29, 0.717) is 18.2 Å². The molecule has 0 amide bonds. The summed E-state index contributed by atoms with van der Waals surface area (Å²) in [4.78, 5) is 0.0921. The zero-order chi connectivity index (χ0) is 22.3. The number of nitrogens with one attached hydrogen (secondary N) is 1. The predicted octanol–water partition coefficient (Wildman–Crippen LogP) is 3.22. The highest BCUT2D eigenvalue weighted by Crippen LogP contribution is 2.24. The largest absolute Gasteiger partial charge is 0.495 e. The summed E-state index contributed by atoms with van der Waals surface area (Å²) >= 11 is 0. The minimum atomic E-state index is -3.73. The molecule has 1 aromatic heterocycles. The second-order valence-corrected chi connectivity index (χ2v) is 8.35. The van der Waals surface area contributed by atoms with Crippen LogP contribution in [0.1, 0.15) is 12.5 Å². The third-order valence-electron chi connectivity index (χ3n) is 4.35. The summed E-state index contributed by atoms with van der Waals surface area (Å²) in [6.07, 6.45) is 0. The van der Waals surface area contributed by atoms with E-state index >= 15 is 0 Å². The molecule has 3 rings (SSSR count). The molecule has 0 aliphatic heterocycles. The fourth-order valence-corrected chi connectivity index (χ4v) is 4.11. The van der Waals surface area contributed by atoms with Crippen molar-refractivity contribution in [1.29, 1.82) is 0 Å². The van der Waals surface area contributed by atoms with Gasteiger partial charge in [0.25, 0.3) is 0 Å². The highest BCUT2D eigenvalue weighted by molar-refractivity contribution is 7.89. The lowest BCUT2D eigenvalue weighted by Crippen LogP contribution is -2.28. The maximum Gasteiger partial charge on any atom is 0.244 e. The average molecular weight is 444 g/mol. The lowest BCUT2D eigenvalue weighted by atomic mass is 10.1. The van der Waals surface area contributed by atoms with Gasteiger partial charge in [-0.3, -0.25) is 0 Å². The third kappa shape index (κ3) is 5.93.